The van der Waals surface area contributed by atoms with Crippen molar-refractivity contribution in [2.75, 3.05) is 13.2 Å². The Morgan fingerprint density at radius 3 is 2.76 bits per heavy atom. The highest BCUT2D eigenvalue weighted by Crippen LogP contribution is 2.21. The molecule has 3 aromatic rings. The van der Waals surface area contributed by atoms with Crippen LogP contribution in [0.25, 0.3) is 0 Å². The van der Waals surface area contributed by atoms with E-state index < -0.39 is 0 Å². The summed E-state index contributed by atoms with van der Waals surface area (Å²) in [5.74, 6) is 0. The van der Waals surface area contributed by atoms with E-state index >= 15 is 0 Å². The first-order chi connectivity index (χ1) is 14.2. The molecule has 0 bridgehead atoms. The average Bonchev–Trinajstić information content (AvgIpc) is 3.40. The number of aryl methyl sites for hydroxylation is 2. The normalized spacial score (nSPS) is 16.6. The molecular formula is C23H29N5O. The predicted molar refractivity (Wildman–Crippen MR) is 112 cm³/mol. The summed E-state index contributed by atoms with van der Waals surface area (Å²) in [6.45, 7) is 8.63. The van der Waals surface area contributed by atoms with Crippen molar-refractivity contribution in [2.24, 2.45) is 0 Å². The Balaban J connectivity index is 1.54. The van der Waals surface area contributed by atoms with Crippen molar-refractivity contribution in [3.63, 3.8) is 0 Å². The molecule has 1 atom stereocenters. The van der Waals surface area contributed by atoms with E-state index in [0.717, 1.165) is 51.3 Å². The van der Waals surface area contributed by atoms with Crippen LogP contribution in [-0.2, 0) is 24.4 Å². The van der Waals surface area contributed by atoms with Gasteiger partial charge < -0.3 is 4.74 Å². The molecule has 4 rings (SSSR count). The topological polar surface area (TPSA) is 56.1 Å². The lowest BCUT2D eigenvalue weighted by Gasteiger charge is -2.26. The van der Waals surface area contributed by atoms with Crippen LogP contribution in [0.5, 0.6) is 0 Å². The number of nitrogens with zero attached hydrogens (tertiary/aromatic N) is 5. The molecule has 6 nitrogen and oxygen atoms in total. The average molecular weight is 392 g/mol. The molecular weight excluding hydrogens is 362 g/mol. The van der Waals surface area contributed by atoms with Crippen LogP contribution in [-0.4, -0.2) is 43.9 Å². The highest BCUT2D eigenvalue weighted by Gasteiger charge is 2.20. The molecule has 1 aliphatic heterocycles. The minimum Gasteiger partial charge on any atom is -0.377 e. The smallest absolute Gasteiger partial charge is 0.137 e. The maximum absolute atomic E-state index is 5.92. The molecule has 1 aliphatic rings. The molecule has 0 amide bonds. The Labute approximate surface area is 172 Å². The van der Waals surface area contributed by atoms with Crippen LogP contribution in [0.3, 0.4) is 0 Å². The van der Waals surface area contributed by atoms with Gasteiger partial charge >= 0.3 is 0 Å². The van der Waals surface area contributed by atoms with Crippen molar-refractivity contribution in [1.82, 2.24) is 24.6 Å². The van der Waals surface area contributed by atoms with Crippen LogP contribution in [0.1, 0.15) is 40.8 Å². The second kappa shape index (κ2) is 9.29. The third-order valence-electron chi connectivity index (χ3n) is 5.58. The summed E-state index contributed by atoms with van der Waals surface area (Å²) < 4.78 is 7.80. The van der Waals surface area contributed by atoms with Gasteiger partial charge in [-0.05, 0) is 61.1 Å². The van der Waals surface area contributed by atoms with Gasteiger partial charge in [-0.3, -0.25) is 9.88 Å². The molecule has 0 aliphatic carbocycles. The van der Waals surface area contributed by atoms with Gasteiger partial charge in [0.2, 0.25) is 0 Å². The first-order valence-electron chi connectivity index (χ1n) is 10.3. The lowest BCUT2D eigenvalue weighted by Crippen LogP contribution is -2.32. The number of rotatable bonds is 8. The van der Waals surface area contributed by atoms with Gasteiger partial charge in [0, 0.05) is 32.4 Å². The van der Waals surface area contributed by atoms with E-state index in [0.29, 0.717) is 6.10 Å². The van der Waals surface area contributed by atoms with E-state index in [1.54, 1.807) is 12.7 Å². The second-order valence-corrected chi connectivity index (χ2v) is 7.92. The van der Waals surface area contributed by atoms with Gasteiger partial charge in [-0.1, -0.05) is 18.2 Å². The molecule has 0 saturated carbocycles. The number of aromatic nitrogens is 4. The van der Waals surface area contributed by atoms with E-state index in [2.05, 4.69) is 58.1 Å². The molecule has 3 heterocycles. The number of ether oxygens (including phenoxy) is 1. The summed E-state index contributed by atoms with van der Waals surface area (Å²) in [5, 5.41) is 4.26. The molecule has 6 heteroatoms. The van der Waals surface area contributed by atoms with Crippen molar-refractivity contribution in [3.8, 4) is 0 Å². The highest BCUT2D eigenvalue weighted by molar-refractivity contribution is 5.37. The fourth-order valence-corrected chi connectivity index (χ4v) is 4.00. The van der Waals surface area contributed by atoms with Crippen molar-refractivity contribution in [1.29, 1.82) is 0 Å². The second-order valence-electron chi connectivity index (χ2n) is 7.92. The van der Waals surface area contributed by atoms with Gasteiger partial charge in [0.1, 0.15) is 12.7 Å². The van der Waals surface area contributed by atoms with Crippen molar-refractivity contribution in [2.45, 2.75) is 52.4 Å². The summed E-state index contributed by atoms with van der Waals surface area (Å²) in [5.41, 5.74) is 6.34. The summed E-state index contributed by atoms with van der Waals surface area (Å²) in [7, 11) is 0. The van der Waals surface area contributed by atoms with E-state index in [9.17, 15) is 0 Å². The monoisotopic (exact) mass is 391 g/mol. The maximum Gasteiger partial charge on any atom is 0.137 e. The van der Waals surface area contributed by atoms with E-state index in [-0.39, 0.29) is 0 Å². The minimum absolute atomic E-state index is 0.319. The zero-order valence-electron chi connectivity index (χ0n) is 17.3. The van der Waals surface area contributed by atoms with E-state index in [1.165, 1.54) is 22.3 Å². The van der Waals surface area contributed by atoms with Gasteiger partial charge in [-0.25, -0.2) is 9.67 Å². The molecule has 1 unspecified atom stereocenters. The zero-order chi connectivity index (χ0) is 20.1. The third-order valence-corrected chi connectivity index (χ3v) is 5.58. The number of pyridine rings is 1. The molecule has 0 spiro atoms. The summed E-state index contributed by atoms with van der Waals surface area (Å²) in [6, 6.07) is 10.7. The molecule has 0 radical (unpaired) electrons. The largest absolute Gasteiger partial charge is 0.377 e. The molecule has 152 valence electrons. The SMILES string of the molecule is Cc1cc(C)c(Cn2cncn2)cc1CN(Cc1ccccn1)CC1CCCO1. The lowest BCUT2D eigenvalue weighted by molar-refractivity contribution is 0.0674. The van der Waals surface area contributed by atoms with Crippen LogP contribution in [0, 0.1) is 13.8 Å². The van der Waals surface area contributed by atoms with Crippen molar-refractivity contribution >= 4 is 0 Å². The summed E-state index contributed by atoms with van der Waals surface area (Å²) in [6.07, 6.45) is 7.84. The quantitative estimate of drug-likeness (QED) is 0.588. The predicted octanol–water partition coefficient (Wildman–Crippen LogP) is 3.52. The number of hydrogen-bond donors (Lipinski definition) is 0. The Bertz CT molecular complexity index is 905. The minimum atomic E-state index is 0.319. The molecule has 1 saturated heterocycles. The zero-order valence-corrected chi connectivity index (χ0v) is 17.3. The van der Waals surface area contributed by atoms with Crippen LogP contribution in [0.4, 0.5) is 0 Å². The fraction of sp³-hybridized carbons (Fsp3) is 0.435. The Kier molecular flexibility index (Phi) is 6.32. The van der Waals surface area contributed by atoms with Crippen LogP contribution in [0.2, 0.25) is 0 Å². The number of hydrogen-bond acceptors (Lipinski definition) is 5. The van der Waals surface area contributed by atoms with Crippen molar-refractivity contribution < 1.29 is 4.74 Å². The van der Waals surface area contributed by atoms with Crippen LogP contribution < -0.4 is 0 Å². The Morgan fingerprint density at radius 2 is 2.03 bits per heavy atom. The molecule has 1 fully saturated rings. The summed E-state index contributed by atoms with van der Waals surface area (Å²) in [4.78, 5) is 11.1. The Morgan fingerprint density at radius 1 is 1.14 bits per heavy atom. The fourth-order valence-electron chi connectivity index (χ4n) is 4.00. The van der Waals surface area contributed by atoms with Gasteiger partial charge in [0.05, 0.1) is 18.3 Å². The lowest BCUT2D eigenvalue weighted by atomic mass is 9.99. The molecule has 29 heavy (non-hydrogen) atoms. The van der Waals surface area contributed by atoms with Gasteiger partial charge in [0.25, 0.3) is 0 Å². The van der Waals surface area contributed by atoms with Crippen LogP contribution in [0.15, 0.2) is 49.2 Å². The first kappa shape index (κ1) is 19.7. The Hall–Kier alpha value is -2.57. The van der Waals surface area contributed by atoms with Crippen LogP contribution >= 0.6 is 0 Å². The van der Waals surface area contributed by atoms with E-state index in [1.807, 2.05) is 16.9 Å². The number of benzene rings is 1. The van der Waals surface area contributed by atoms with Gasteiger partial charge in [-0.15, -0.1) is 0 Å². The first-order valence-corrected chi connectivity index (χ1v) is 10.3. The van der Waals surface area contributed by atoms with Crippen molar-refractivity contribution in [3.05, 3.63) is 77.1 Å². The molecule has 2 aromatic heterocycles. The van der Waals surface area contributed by atoms with Gasteiger partial charge in [-0.2, -0.15) is 5.10 Å². The van der Waals surface area contributed by atoms with E-state index in [4.69, 9.17) is 4.74 Å². The highest BCUT2D eigenvalue weighted by atomic mass is 16.5. The maximum atomic E-state index is 5.92. The third kappa shape index (κ3) is 5.28. The summed E-state index contributed by atoms with van der Waals surface area (Å²) >= 11 is 0. The van der Waals surface area contributed by atoms with Gasteiger partial charge in [0.15, 0.2) is 0 Å². The standard InChI is InChI=1S/C23H29N5O/c1-18-10-19(2)21(13-28-17-24-16-26-28)11-20(18)12-27(15-23-7-5-9-29-23)14-22-6-3-4-8-25-22/h3-4,6,8,10-11,16-17,23H,5,7,9,12-15H2,1-2H3. The molecule has 1 aromatic carbocycles. The molecule has 0 N–H and O–H groups in total.